The van der Waals surface area contributed by atoms with E-state index in [2.05, 4.69) is 0 Å². The molecule has 9 heteroatoms. The van der Waals surface area contributed by atoms with E-state index in [0.717, 1.165) is 5.57 Å². The Kier molecular flexibility index (Phi) is 6.84. The molecule has 2 N–H and O–H groups in total. The number of hydrogen-bond donors (Lipinski definition) is 2. The van der Waals surface area contributed by atoms with Crippen LogP contribution in [0.4, 0.5) is 0 Å². The molecule has 1 fully saturated rings. The molecular formula is C30H29NO8. The van der Waals surface area contributed by atoms with Crippen molar-refractivity contribution in [3.63, 3.8) is 0 Å². The number of benzene rings is 1. The summed E-state index contributed by atoms with van der Waals surface area (Å²) in [5.74, 6) is -4.09. The number of aromatic hydroxyl groups is 1. The average Bonchev–Trinajstić information content (AvgIpc) is 3.15. The number of methoxy groups -OCH3 is 1. The van der Waals surface area contributed by atoms with E-state index in [4.69, 9.17) is 9.84 Å². The maximum absolute atomic E-state index is 13.5. The van der Waals surface area contributed by atoms with Gasteiger partial charge in [-0.25, -0.2) is 0 Å². The number of allylic oxidation sites excluding steroid dienone is 7. The largest absolute Gasteiger partial charge is 0.504 e. The van der Waals surface area contributed by atoms with Crippen LogP contribution in [-0.4, -0.2) is 58.1 Å². The zero-order valence-corrected chi connectivity index (χ0v) is 21.7. The van der Waals surface area contributed by atoms with Gasteiger partial charge in [-0.3, -0.25) is 28.9 Å². The summed E-state index contributed by atoms with van der Waals surface area (Å²) in [5, 5.41) is 18.9. The number of rotatable bonds is 7. The number of carboxylic acids is 1. The van der Waals surface area contributed by atoms with Gasteiger partial charge in [-0.1, -0.05) is 29.9 Å². The summed E-state index contributed by atoms with van der Waals surface area (Å²) in [5.41, 5.74) is 2.67. The lowest BCUT2D eigenvalue weighted by atomic mass is 9.60. The minimum absolute atomic E-state index is 0.00968. The Morgan fingerprint density at radius 3 is 2.64 bits per heavy atom. The SMILES string of the molecule is COc1cc(C=C[C@H]2C3=CC[C@@H]4C(=O)N(CCCC(=O)O)C(=O)[C@@H]4[C@@H]3CC3=C2C(=O)C(C)=CC3=O)ccc1O. The first kappa shape index (κ1) is 26.3. The highest BCUT2D eigenvalue weighted by molar-refractivity contribution is 6.23. The smallest absolute Gasteiger partial charge is 0.303 e. The van der Waals surface area contributed by atoms with E-state index in [9.17, 15) is 29.1 Å². The molecule has 4 atom stereocenters. The minimum Gasteiger partial charge on any atom is -0.504 e. The van der Waals surface area contributed by atoms with E-state index >= 15 is 0 Å². The maximum atomic E-state index is 13.5. The van der Waals surface area contributed by atoms with Crippen LogP contribution in [0.3, 0.4) is 0 Å². The lowest BCUT2D eigenvalue weighted by Gasteiger charge is -2.41. The lowest BCUT2D eigenvalue weighted by Crippen LogP contribution is -2.40. The summed E-state index contributed by atoms with van der Waals surface area (Å²) in [6.45, 7) is 1.65. The fraction of sp³-hybridized carbons (Fsp3) is 0.367. The predicted octanol–water partition coefficient (Wildman–Crippen LogP) is 3.24. The quantitative estimate of drug-likeness (QED) is 0.311. The molecule has 0 aromatic heterocycles. The first-order chi connectivity index (χ1) is 18.6. The van der Waals surface area contributed by atoms with E-state index in [1.165, 1.54) is 24.2 Å². The van der Waals surface area contributed by atoms with Gasteiger partial charge in [0.2, 0.25) is 11.8 Å². The summed E-state index contributed by atoms with van der Waals surface area (Å²) in [6, 6.07) is 4.85. The van der Waals surface area contributed by atoms with Gasteiger partial charge in [-0.15, -0.1) is 0 Å². The molecule has 0 bridgehead atoms. The van der Waals surface area contributed by atoms with Crippen LogP contribution in [-0.2, 0) is 24.0 Å². The van der Waals surface area contributed by atoms with Crippen LogP contribution in [0.25, 0.3) is 6.08 Å². The first-order valence-corrected chi connectivity index (χ1v) is 12.9. The minimum atomic E-state index is -0.994. The molecule has 202 valence electrons. The van der Waals surface area contributed by atoms with E-state index in [1.807, 2.05) is 12.2 Å². The molecule has 2 amide bonds. The van der Waals surface area contributed by atoms with Crippen molar-refractivity contribution in [2.45, 2.75) is 32.6 Å². The van der Waals surface area contributed by atoms with Gasteiger partial charge in [0.05, 0.1) is 18.9 Å². The highest BCUT2D eigenvalue weighted by atomic mass is 16.5. The normalized spacial score (nSPS) is 26.4. The summed E-state index contributed by atoms with van der Waals surface area (Å²) in [4.78, 5) is 65.3. The molecule has 3 aliphatic carbocycles. The van der Waals surface area contributed by atoms with Crippen molar-refractivity contribution in [2.24, 2.45) is 23.7 Å². The van der Waals surface area contributed by atoms with Crippen LogP contribution in [0.2, 0.25) is 0 Å². The molecule has 0 unspecified atom stereocenters. The van der Waals surface area contributed by atoms with E-state index in [-0.39, 0.29) is 54.9 Å². The first-order valence-electron chi connectivity index (χ1n) is 12.9. The van der Waals surface area contributed by atoms with Crippen molar-refractivity contribution < 1.29 is 38.9 Å². The number of phenols is 1. The van der Waals surface area contributed by atoms with Gasteiger partial charge in [-0.05, 0) is 55.9 Å². The van der Waals surface area contributed by atoms with E-state index in [0.29, 0.717) is 34.5 Å². The molecule has 1 heterocycles. The van der Waals surface area contributed by atoms with Crippen molar-refractivity contribution >= 4 is 35.4 Å². The standard InChI is InChI=1S/C30H29NO8/c1-15-12-23(33)21-14-20-17(8-9-19-27(20)30(38)31(29(19)37)11-3-4-25(34)35)18(26(21)28(15)36)7-5-16-6-10-22(32)24(13-16)39-2/h5-8,10,12-13,18-20,27,32H,3-4,9,11,14H2,1-2H3,(H,34,35)/t18-,19-,20+,27-/m0/s1. The van der Waals surface area contributed by atoms with Gasteiger partial charge < -0.3 is 14.9 Å². The molecule has 9 nitrogen and oxygen atoms in total. The monoisotopic (exact) mass is 531 g/mol. The Morgan fingerprint density at radius 2 is 1.92 bits per heavy atom. The Balaban J connectivity index is 1.53. The van der Waals surface area contributed by atoms with E-state index in [1.54, 1.807) is 25.1 Å². The molecule has 5 rings (SSSR count). The third-order valence-electron chi connectivity index (χ3n) is 8.16. The number of amides is 2. The second-order valence-corrected chi connectivity index (χ2v) is 10.4. The average molecular weight is 532 g/mol. The molecule has 1 aromatic rings. The Bertz CT molecular complexity index is 1430. The van der Waals surface area contributed by atoms with Crippen LogP contribution >= 0.6 is 0 Å². The fourth-order valence-corrected chi connectivity index (χ4v) is 6.32. The zero-order valence-electron chi connectivity index (χ0n) is 21.7. The van der Waals surface area contributed by atoms with E-state index < -0.39 is 29.6 Å². The van der Waals surface area contributed by atoms with Crippen molar-refractivity contribution in [2.75, 3.05) is 13.7 Å². The van der Waals surface area contributed by atoms with Crippen LogP contribution in [0.15, 0.2) is 58.7 Å². The Hall–Kier alpha value is -4.27. The molecule has 4 aliphatic rings. The molecule has 0 spiro atoms. The highest BCUT2D eigenvalue weighted by Gasteiger charge is 2.55. The van der Waals surface area contributed by atoms with Gasteiger partial charge in [0.1, 0.15) is 0 Å². The number of Topliss-reactive ketones (excluding diaryl/α,β-unsaturated/α-hetero) is 1. The second kappa shape index (κ2) is 10.1. The summed E-state index contributed by atoms with van der Waals surface area (Å²) < 4.78 is 5.20. The van der Waals surface area contributed by atoms with Crippen LogP contribution in [0, 0.1) is 23.7 Å². The number of ketones is 2. The van der Waals surface area contributed by atoms with Gasteiger partial charge in [-0.2, -0.15) is 0 Å². The zero-order chi connectivity index (χ0) is 28.0. The van der Waals surface area contributed by atoms with Gasteiger partial charge in [0, 0.05) is 35.6 Å². The van der Waals surface area contributed by atoms with Gasteiger partial charge in [0.25, 0.3) is 0 Å². The summed E-state index contributed by atoms with van der Waals surface area (Å²) in [6.07, 6.45) is 7.43. The lowest BCUT2D eigenvalue weighted by molar-refractivity contribution is -0.142. The number of phenolic OH excluding ortho intramolecular Hbond substituents is 1. The summed E-state index contributed by atoms with van der Waals surface area (Å²) >= 11 is 0. The second-order valence-electron chi connectivity index (χ2n) is 10.4. The number of carboxylic acid groups (broad SMARTS) is 1. The third-order valence-corrected chi connectivity index (χ3v) is 8.16. The predicted molar refractivity (Wildman–Crippen MR) is 139 cm³/mol. The Morgan fingerprint density at radius 1 is 1.15 bits per heavy atom. The molecule has 1 saturated heterocycles. The number of likely N-dealkylation sites (tertiary alicyclic amines) is 1. The molecule has 1 aliphatic heterocycles. The number of ether oxygens (including phenoxy) is 1. The molecule has 1 aromatic carbocycles. The molecule has 39 heavy (non-hydrogen) atoms. The number of fused-ring (bicyclic) bond motifs is 3. The molecule has 0 saturated carbocycles. The summed E-state index contributed by atoms with van der Waals surface area (Å²) in [7, 11) is 1.45. The number of nitrogens with zero attached hydrogens (tertiary/aromatic N) is 1. The maximum Gasteiger partial charge on any atom is 0.303 e. The number of imide groups is 1. The topological polar surface area (TPSA) is 138 Å². The van der Waals surface area contributed by atoms with Crippen molar-refractivity contribution in [1.29, 1.82) is 0 Å². The number of hydrogen-bond acceptors (Lipinski definition) is 7. The van der Waals surface area contributed by atoms with Crippen molar-refractivity contribution in [3.8, 4) is 11.5 Å². The number of carbonyl (C=O) groups is 5. The van der Waals surface area contributed by atoms with Crippen LogP contribution < -0.4 is 4.74 Å². The third kappa shape index (κ3) is 4.51. The number of aliphatic carboxylic acids is 1. The van der Waals surface area contributed by atoms with Gasteiger partial charge in [0.15, 0.2) is 23.1 Å². The number of carbonyl (C=O) groups excluding carboxylic acids is 4. The van der Waals surface area contributed by atoms with Gasteiger partial charge >= 0.3 is 5.97 Å². The highest BCUT2D eigenvalue weighted by Crippen LogP contribution is 2.52. The fourth-order valence-electron chi connectivity index (χ4n) is 6.32. The van der Waals surface area contributed by atoms with Crippen LogP contribution in [0.1, 0.15) is 38.2 Å². The Labute approximate surface area is 225 Å². The molecule has 0 radical (unpaired) electrons. The van der Waals surface area contributed by atoms with Crippen LogP contribution in [0.5, 0.6) is 11.5 Å². The van der Waals surface area contributed by atoms with Crippen molar-refractivity contribution in [1.82, 2.24) is 4.90 Å². The van der Waals surface area contributed by atoms with Crippen molar-refractivity contribution in [3.05, 3.63) is 64.3 Å². The molecular weight excluding hydrogens is 502 g/mol.